The molecule has 0 aliphatic carbocycles. The zero-order valence-electron chi connectivity index (χ0n) is 12.7. The maximum absolute atomic E-state index is 6.26. The molecule has 1 aromatic heterocycles. The van der Waals surface area contributed by atoms with Gasteiger partial charge in [-0.25, -0.2) is 0 Å². The summed E-state index contributed by atoms with van der Waals surface area (Å²) in [4.78, 5) is 0. The summed E-state index contributed by atoms with van der Waals surface area (Å²) in [6.45, 7) is 7.25. The summed E-state index contributed by atoms with van der Waals surface area (Å²) in [5.74, 6) is 1.14. The molecule has 4 nitrogen and oxygen atoms in total. The number of nitrogens with one attached hydrogen (secondary N) is 1. The Hall–Kier alpha value is -1.52. The molecule has 114 valence electrons. The van der Waals surface area contributed by atoms with Gasteiger partial charge in [-0.3, -0.25) is 5.10 Å². The maximum Gasteiger partial charge on any atom is 0.137 e. The Bertz CT molecular complexity index is 595. The van der Waals surface area contributed by atoms with E-state index in [0.717, 1.165) is 17.0 Å². The molecule has 5 heteroatoms. The van der Waals surface area contributed by atoms with Gasteiger partial charge in [0.2, 0.25) is 0 Å². The van der Waals surface area contributed by atoms with E-state index in [4.69, 9.17) is 22.1 Å². The lowest BCUT2D eigenvalue weighted by Gasteiger charge is -2.15. The van der Waals surface area contributed by atoms with Crippen molar-refractivity contribution in [2.24, 2.45) is 5.73 Å². The number of halogens is 1. The van der Waals surface area contributed by atoms with E-state index >= 15 is 0 Å². The van der Waals surface area contributed by atoms with Gasteiger partial charge in [0.1, 0.15) is 5.75 Å². The molecule has 1 heterocycles. The van der Waals surface area contributed by atoms with Crippen molar-refractivity contribution >= 4 is 11.6 Å². The number of hydrogen-bond acceptors (Lipinski definition) is 3. The monoisotopic (exact) mass is 307 g/mol. The summed E-state index contributed by atoms with van der Waals surface area (Å²) < 4.78 is 5.46. The highest BCUT2D eigenvalue weighted by atomic mass is 35.5. The van der Waals surface area contributed by atoms with Crippen molar-refractivity contribution in [1.82, 2.24) is 10.2 Å². The third-order valence-corrected chi connectivity index (χ3v) is 3.77. The maximum atomic E-state index is 6.26. The number of aromatic amines is 1. The molecule has 0 aliphatic rings. The van der Waals surface area contributed by atoms with E-state index in [2.05, 4.69) is 30.1 Å². The van der Waals surface area contributed by atoms with Crippen LogP contribution in [0.4, 0.5) is 0 Å². The first-order valence-electron chi connectivity index (χ1n) is 7.24. The van der Waals surface area contributed by atoms with E-state index in [-0.39, 0.29) is 5.92 Å². The molecule has 0 aliphatic heterocycles. The normalized spacial score (nSPS) is 12.7. The molecule has 1 aromatic carbocycles. The predicted octanol–water partition coefficient (Wildman–Crippen LogP) is 3.68. The van der Waals surface area contributed by atoms with Crippen molar-refractivity contribution in [2.45, 2.75) is 32.6 Å². The van der Waals surface area contributed by atoms with E-state index in [1.54, 1.807) is 0 Å². The van der Waals surface area contributed by atoms with E-state index in [1.807, 2.05) is 25.1 Å². The summed E-state index contributed by atoms with van der Waals surface area (Å²) in [5.41, 5.74) is 9.06. The van der Waals surface area contributed by atoms with Crippen LogP contribution < -0.4 is 10.5 Å². The van der Waals surface area contributed by atoms with Crippen LogP contribution in [-0.4, -0.2) is 23.3 Å². The highest BCUT2D eigenvalue weighted by Crippen LogP contribution is 2.31. The SMILES string of the molecule is CCOc1ccc(C(CN)c2cc(C(C)C)n[nH]2)cc1Cl. The van der Waals surface area contributed by atoms with E-state index < -0.39 is 0 Å². The largest absolute Gasteiger partial charge is 0.492 e. The summed E-state index contributed by atoms with van der Waals surface area (Å²) in [6.07, 6.45) is 0. The first-order valence-corrected chi connectivity index (χ1v) is 7.62. The molecule has 1 unspecified atom stereocenters. The number of ether oxygens (including phenoxy) is 1. The minimum absolute atomic E-state index is 0.0539. The first kappa shape index (κ1) is 15.9. The van der Waals surface area contributed by atoms with Gasteiger partial charge in [-0.15, -0.1) is 0 Å². The topological polar surface area (TPSA) is 63.9 Å². The summed E-state index contributed by atoms with van der Waals surface area (Å²) >= 11 is 6.26. The fourth-order valence-corrected chi connectivity index (χ4v) is 2.52. The Morgan fingerprint density at radius 1 is 1.33 bits per heavy atom. The highest BCUT2D eigenvalue weighted by molar-refractivity contribution is 6.32. The Labute approximate surface area is 130 Å². The van der Waals surface area contributed by atoms with Crippen molar-refractivity contribution in [3.63, 3.8) is 0 Å². The quantitative estimate of drug-likeness (QED) is 0.855. The number of aromatic nitrogens is 2. The second-order valence-electron chi connectivity index (χ2n) is 5.31. The van der Waals surface area contributed by atoms with Crippen molar-refractivity contribution in [2.75, 3.05) is 13.2 Å². The zero-order valence-corrected chi connectivity index (χ0v) is 13.4. The molecule has 21 heavy (non-hydrogen) atoms. The second kappa shape index (κ2) is 6.96. The molecule has 2 aromatic rings. The molecule has 2 rings (SSSR count). The van der Waals surface area contributed by atoms with Gasteiger partial charge < -0.3 is 10.5 Å². The first-order chi connectivity index (χ1) is 10.1. The van der Waals surface area contributed by atoms with Crippen LogP contribution in [0.3, 0.4) is 0 Å². The Morgan fingerprint density at radius 3 is 2.62 bits per heavy atom. The molecule has 0 spiro atoms. The lowest BCUT2D eigenvalue weighted by Crippen LogP contribution is -2.14. The van der Waals surface area contributed by atoms with Gasteiger partial charge in [-0.2, -0.15) is 5.10 Å². The number of hydrogen-bond donors (Lipinski definition) is 2. The van der Waals surface area contributed by atoms with Crippen molar-refractivity contribution in [3.05, 3.63) is 46.2 Å². The molecule has 1 atom stereocenters. The summed E-state index contributed by atoms with van der Waals surface area (Å²) in [7, 11) is 0. The fourth-order valence-electron chi connectivity index (χ4n) is 2.28. The standard InChI is InChI=1S/C16H22ClN3O/c1-4-21-16-6-5-11(7-13(16)17)12(9-18)15-8-14(10(2)3)19-20-15/h5-8,10,12H,4,9,18H2,1-3H3,(H,19,20). The average molecular weight is 308 g/mol. The number of benzene rings is 1. The Kier molecular flexibility index (Phi) is 5.26. The second-order valence-corrected chi connectivity index (χ2v) is 5.72. The van der Waals surface area contributed by atoms with Gasteiger partial charge in [0, 0.05) is 18.2 Å². The van der Waals surface area contributed by atoms with Crippen LogP contribution in [0.5, 0.6) is 5.75 Å². The van der Waals surface area contributed by atoms with E-state index in [9.17, 15) is 0 Å². The van der Waals surface area contributed by atoms with Crippen molar-refractivity contribution in [3.8, 4) is 5.75 Å². The highest BCUT2D eigenvalue weighted by Gasteiger charge is 2.17. The van der Waals surface area contributed by atoms with Crippen LogP contribution in [0.1, 0.15) is 49.6 Å². The van der Waals surface area contributed by atoms with Crippen LogP contribution in [-0.2, 0) is 0 Å². The number of nitrogens with zero attached hydrogens (tertiary/aromatic N) is 1. The molecule has 0 saturated heterocycles. The van der Waals surface area contributed by atoms with Crippen molar-refractivity contribution < 1.29 is 4.74 Å². The summed E-state index contributed by atoms with van der Waals surface area (Å²) in [5, 5.41) is 8.04. The van der Waals surface area contributed by atoms with Gasteiger partial charge in [0.15, 0.2) is 0 Å². The zero-order chi connectivity index (χ0) is 15.4. The lowest BCUT2D eigenvalue weighted by molar-refractivity contribution is 0.340. The van der Waals surface area contributed by atoms with Gasteiger partial charge in [-0.05, 0) is 36.6 Å². The van der Waals surface area contributed by atoms with Crippen LogP contribution >= 0.6 is 11.6 Å². The Morgan fingerprint density at radius 2 is 2.10 bits per heavy atom. The third-order valence-electron chi connectivity index (χ3n) is 3.48. The van der Waals surface area contributed by atoms with Gasteiger partial charge in [0.05, 0.1) is 17.3 Å². The molecular formula is C16H22ClN3O. The fraction of sp³-hybridized carbons (Fsp3) is 0.438. The molecule has 0 amide bonds. The van der Waals surface area contributed by atoms with Gasteiger partial charge >= 0.3 is 0 Å². The molecule has 0 bridgehead atoms. The lowest BCUT2D eigenvalue weighted by atomic mass is 9.95. The van der Waals surface area contributed by atoms with Gasteiger partial charge in [-0.1, -0.05) is 31.5 Å². The number of H-pyrrole nitrogens is 1. The van der Waals surface area contributed by atoms with E-state index in [1.165, 1.54) is 0 Å². The van der Waals surface area contributed by atoms with Crippen molar-refractivity contribution in [1.29, 1.82) is 0 Å². The van der Waals surface area contributed by atoms with Crippen LogP contribution in [0.15, 0.2) is 24.3 Å². The third kappa shape index (κ3) is 3.57. The average Bonchev–Trinajstić information content (AvgIpc) is 2.92. The van der Waals surface area contributed by atoms with Crippen LogP contribution in [0.2, 0.25) is 5.02 Å². The minimum atomic E-state index is 0.0539. The predicted molar refractivity (Wildman–Crippen MR) is 86.2 cm³/mol. The van der Waals surface area contributed by atoms with Crippen LogP contribution in [0, 0.1) is 0 Å². The number of rotatable bonds is 6. The smallest absolute Gasteiger partial charge is 0.137 e. The minimum Gasteiger partial charge on any atom is -0.492 e. The molecular weight excluding hydrogens is 286 g/mol. The summed E-state index contributed by atoms with van der Waals surface area (Å²) in [6, 6.07) is 7.89. The van der Waals surface area contributed by atoms with E-state index in [0.29, 0.717) is 29.8 Å². The molecule has 0 radical (unpaired) electrons. The molecule has 0 saturated carbocycles. The van der Waals surface area contributed by atoms with Gasteiger partial charge in [0.25, 0.3) is 0 Å². The molecule has 3 N–H and O–H groups in total. The Balaban J connectivity index is 2.30. The molecule has 0 fully saturated rings. The van der Waals surface area contributed by atoms with Crippen LogP contribution in [0.25, 0.3) is 0 Å². The number of nitrogens with two attached hydrogens (primary N) is 1.